The molecule has 2 amide bonds. The van der Waals surface area contributed by atoms with Gasteiger partial charge in [0, 0.05) is 6.54 Å². The summed E-state index contributed by atoms with van der Waals surface area (Å²) in [6.45, 7) is 2.33. The summed E-state index contributed by atoms with van der Waals surface area (Å²) < 4.78 is 14.0. The van der Waals surface area contributed by atoms with Crippen LogP contribution in [0, 0.1) is 12.7 Å². The zero-order valence-electron chi connectivity index (χ0n) is 10.7. The van der Waals surface area contributed by atoms with Gasteiger partial charge in [0.1, 0.15) is 18.4 Å². The summed E-state index contributed by atoms with van der Waals surface area (Å²) in [4.78, 5) is 27.4. The number of nitrogens with zero attached hydrogens (tertiary/aromatic N) is 2. The predicted octanol–water partition coefficient (Wildman–Crippen LogP) is 1.47. The van der Waals surface area contributed by atoms with Crippen molar-refractivity contribution in [1.29, 1.82) is 0 Å². The highest BCUT2D eigenvalue weighted by atomic mass is 19.1. The molecule has 1 aromatic carbocycles. The molecule has 3 rings (SSSR count). The summed E-state index contributed by atoms with van der Waals surface area (Å²) in [7, 11) is 0. The molecule has 2 heterocycles. The maximum atomic E-state index is 14.0. The fourth-order valence-corrected chi connectivity index (χ4v) is 2.96. The van der Waals surface area contributed by atoms with Crippen LogP contribution < -0.4 is 4.90 Å². The molecule has 2 aliphatic rings. The summed E-state index contributed by atoms with van der Waals surface area (Å²) in [5.74, 6) is -0.706. The number of para-hydroxylation sites is 1. The Morgan fingerprint density at radius 2 is 2.11 bits per heavy atom. The molecule has 5 heteroatoms. The van der Waals surface area contributed by atoms with Gasteiger partial charge in [-0.15, -0.1) is 0 Å². The van der Waals surface area contributed by atoms with E-state index in [1.165, 1.54) is 11.0 Å². The van der Waals surface area contributed by atoms with Gasteiger partial charge in [0.2, 0.25) is 11.8 Å². The van der Waals surface area contributed by atoms with Gasteiger partial charge in [0.05, 0.1) is 5.69 Å². The monoisotopic (exact) mass is 262 g/mol. The largest absolute Gasteiger partial charge is 0.329 e. The minimum absolute atomic E-state index is 0.0584. The van der Waals surface area contributed by atoms with Crippen molar-refractivity contribution in [3.8, 4) is 0 Å². The Hall–Kier alpha value is -1.91. The molecular weight excluding hydrogens is 247 g/mol. The predicted molar refractivity (Wildman–Crippen MR) is 68.2 cm³/mol. The first kappa shape index (κ1) is 12.1. The van der Waals surface area contributed by atoms with Crippen molar-refractivity contribution in [2.75, 3.05) is 18.0 Å². The normalized spacial score (nSPS) is 22.9. The second-order valence-electron chi connectivity index (χ2n) is 5.07. The third kappa shape index (κ3) is 1.80. The lowest BCUT2D eigenvalue weighted by atomic mass is 10.1. The number of rotatable bonds is 1. The highest BCUT2D eigenvalue weighted by molar-refractivity contribution is 6.07. The number of fused-ring (bicyclic) bond motifs is 1. The Morgan fingerprint density at radius 1 is 1.32 bits per heavy atom. The van der Waals surface area contributed by atoms with E-state index >= 15 is 0 Å². The first-order valence-electron chi connectivity index (χ1n) is 6.45. The van der Waals surface area contributed by atoms with E-state index in [2.05, 4.69) is 0 Å². The van der Waals surface area contributed by atoms with Crippen LogP contribution in [0.5, 0.6) is 0 Å². The zero-order chi connectivity index (χ0) is 13.6. The summed E-state index contributed by atoms with van der Waals surface area (Å²) in [6.07, 6.45) is 1.51. The van der Waals surface area contributed by atoms with Gasteiger partial charge >= 0.3 is 0 Å². The Morgan fingerprint density at radius 3 is 2.84 bits per heavy atom. The van der Waals surface area contributed by atoms with Gasteiger partial charge in [-0.2, -0.15) is 0 Å². The van der Waals surface area contributed by atoms with Gasteiger partial charge in [-0.25, -0.2) is 4.39 Å². The fraction of sp³-hybridized carbons (Fsp3) is 0.429. The van der Waals surface area contributed by atoms with Crippen molar-refractivity contribution in [3.63, 3.8) is 0 Å². The van der Waals surface area contributed by atoms with Gasteiger partial charge < -0.3 is 4.90 Å². The molecule has 0 N–H and O–H groups in total. The van der Waals surface area contributed by atoms with E-state index in [4.69, 9.17) is 0 Å². The van der Waals surface area contributed by atoms with Crippen LogP contribution in [-0.4, -0.2) is 35.8 Å². The summed E-state index contributed by atoms with van der Waals surface area (Å²) in [5, 5.41) is 0. The second-order valence-corrected chi connectivity index (χ2v) is 5.07. The van der Waals surface area contributed by atoms with E-state index in [-0.39, 0.29) is 24.0 Å². The fourth-order valence-electron chi connectivity index (χ4n) is 2.96. The third-order valence-corrected chi connectivity index (χ3v) is 3.88. The molecule has 19 heavy (non-hydrogen) atoms. The molecule has 2 aliphatic heterocycles. The van der Waals surface area contributed by atoms with Crippen LogP contribution in [-0.2, 0) is 9.59 Å². The molecule has 1 atom stereocenters. The van der Waals surface area contributed by atoms with Crippen LogP contribution in [0.15, 0.2) is 18.2 Å². The molecule has 0 aromatic heterocycles. The SMILES string of the molecule is Cc1cccc(F)c1N1CC(=O)N2CCCC2C1=O. The van der Waals surface area contributed by atoms with Crippen molar-refractivity contribution >= 4 is 17.5 Å². The van der Waals surface area contributed by atoms with E-state index < -0.39 is 11.9 Å². The van der Waals surface area contributed by atoms with Crippen molar-refractivity contribution < 1.29 is 14.0 Å². The maximum Gasteiger partial charge on any atom is 0.250 e. The summed E-state index contributed by atoms with van der Waals surface area (Å²) in [5.41, 5.74) is 0.917. The van der Waals surface area contributed by atoms with Crippen LogP contribution >= 0.6 is 0 Å². The van der Waals surface area contributed by atoms with E-state index in [1.54, 1.807) is 24.0 Å². The summed E-state index contributed by atoms with van der Waals surface area (Å²) in [6, 6.07) is 4.27. The van der Waals surface area contributed by atoms with E-state index in [0.29, 0.717) is 18.5 Å². The van der Waals surface area contributed by atoms with Gasteiger partial charge in [-0.05, 0) is 31.4 Å². The highest BCUT2D eigenvalue weighted by Gasteiger charge is 2.43. The van der Waals surface area contributed by atoms with Gasteiger partial charge in [-0.1, -0.05) is 12.1 Å². The van der Waals surface area contributed by atoms with Crippen molar-refractivity contribution in [2.45, 2.75) is 25.8 Å². The lowest BCUT2D eigenvalue weighted by Gasteiger charge is -2.37. The quantitative estimate of drug-likeness (QED) is 0.769. The number of aryl methyl sites for hydroxylation is 1. The topological polar surface area (TPSA) is 40.6 Å². The molecule has 2 saturated heterocycles. The van der Waals surface area contributed by atoms with Crippen molar-refractivity contribution in [3.05, 3.63) is 29.6 Å². The number of halogens is 1. The standard InChI is InChI=1S/C14H15FN2O2/c1-9-4-2-5-10(15)13(9)17-8-12(18)16-7-3-6-11(16)14(17)19/h2,4-5,11H,3,6-8H2,1H3. The van der Waals surface area contributed by atoms with E-state index in [1.807, 2.05) is 0 Å². The first-order valence-corrected chi connectivity index (χ1v) is 6.45. The number of anilines is 1. The molecule has 4 nitrogen and oxygen atoms in total. The lowest BCUT2D eigenvalue weighted by molar-refractivity contribution is -0.140. The average molecular weight is 262 g/mol. The lowest BCUT2D eigenvalue weighted by Crippen LogP contribution is -2.57. The number of hydrogen-bond acceptors (Lipinski definition) is 2. The van der Waals surface area contributed by atoms with Gasteiger partial charge in [0.15, 0.2) is 0 Å². The minimum atomic E-state index is -0.451. The Balaban J connectivity index is 2.01. The highest BCUT2D eigenvalue weighted by Crippen LogP contribution is 2.30. The Bertz CT molecular complexity index is 538. The molecule has 0 bridgehead atoms. The minimum Gasteiger partial charge on any atom is -0.329 e. The molecule has 1 unspecified atom stereocenters. The number of benzene rings is 1. The van der Waals surface area contributed by atoms with Crippen molar-refractivity contribution in [1.82, 2.24) is 4.90 Å². The van der Waals surface area contributed by atoms with Crippen LogP contribution in [0.3, 0.4) is 0 Å². The first-order chi connectivity index (χ1) is 9.09. The molecule has 0 radical (unpaired) electrons. The van der Waals surface area contributed by atoms with Crippen LogP contribution in [0.4, 0.5) is 10.1 Å². The van der Waals surface area contributed by atoms with Crippen LogP contribution in [0.25, 0.3) is 0 Å². The molecule has 0 aliphatic carbocycles. The number of hydrogen-bond donors (Lipinski definition) is 0. The average Bonchev–Trinajstić information content (AvgIpc) is 2.85. The number of carbonyl (C=O) groups excluding carboxylic acids is 2. The molecule has 0 saturated carbocycles. The molecule has 2 fully saturated rings. The van der Waals surface area contributed by atoms with Gasteiger partial charge in [-0.3, -0.25) is 14.5 Å². The van der Waals surface area contributed by atoms with E-state index in [9.17, 15) is 14.0 Å². The Labute approximate surface area is 110 Å². The molecule has 100 valence electrons. The molecular formula is C14H15FN2O2. The third-order valence-electron chi connectivity index (χ3n) is 3.88. The molecule has 1 aromatic rings. The smallest absolute Gasteiger partial charge is 0.250 e. The van der Waals surface area contributed by atoms with E-state index in [0.717, 1.165) is 6.42 Å². The number of amides is 2. The Kier molecular flexibility index (Phi) is 2.77. The van der Waals surface area contributed by atoms with Crippen LogP contribution in [0.2, 0.25) is 0 Å². The second kappa shape index (κ2) is 4.33. The molecule has 0 spiro atoms. The summed E-state index contributed by atoms with van der Waals surface area (Å²) >= 11 is 0. The van der Waals surface area contributed by atoms with Gasteiger partial charge in [0.25, 0.3) is 0 Å². The zero-order valence-corrected chi connectivity index (χ0v) is 10.7. The van der Waals surface area contributed by atoms with Crippen molar-refractivity contribution in [2.24, 2.45) is 0 Å². The number of piperazine rings is 1. The maximum absolute atomic E-state index is 14.0. The van der Waals surface area contributed by atoms with Crippen LogP contribution in [0.1, 0.15) is 18.4 Å². The number of carbonyl (C=O) groups is 2.